The zero-order chi connectivity index (χ0) is 21.1. The zero-order valence-corrected chi connectivity index (χ0v) is 18.3. The fourth-order valence-electron chi connectivity index (χ4n) is 0.952. The van der Waals surface area contributed by atoms with Gasteiger partial charge in [0, 0.05) is 7.11 Å². The topological polar surface area (TPSA) is 125 Å². The minimum absolute atomic E-state index is 0. The molecule has 0 aliphatic carbocycles. The molecule has 0 fully saturated rings. The summed E-state index contributed by atoms with van der Waals surface area (Å²) in [6.07, 6.45) is 2.70. The van der Waals surface area contributed by atoms with E-state index in [0.717, 1.165) is 13.4 Å². The molecule has 0 aliphatic rings. The Bertz CT molecular complexity index is 420. The van der Waals surface area contributed by atoms with Crippen LogP contribution in [-0.4, -0.2) is 63.8 Å². The number of carbonyl (C=O) groups is 3. The Kier molecular flexibility index (Phi) is 48.5. The van der Waals surface area contributed by atoms with Gasteiger partial charge in [-0.2, -0.15) is 6.41 Å². The van der Waals surface area contributed by atoms with Gasteiger partial charge in [-0.3, -0.25) is 4.79 Å². The molecular formula is C18H30FmN3O5-. The molecule has 1 aromatic rings. The van der Waals surface area contributed by atoms with E-state index in [0.29, 0.717) is 12.8 Å². The van der Waals surface area contributed by atoms with Crippen LogP contribution in [0, 0.1) is 6.92 Å². The Balaban J connectivity index is -0.0000000837. The number of benzene rings is 1. The van der Waals surface area contributed by atoms with Crippen LogP contribution in [0.15, 0.2) is 43.5 Å². The van der Waals surface area contributed by atoms with Crippen molar-refractivity contribution in [1.82, 2.24) is 16.0 Å². The van der Waals surface area contributed by atoms with Crippen molar-refractivity contribution in [2.45, 2.75) is 6.92 Å². The van der Waals surface area contributed by atoms with Crippen LogP contribution in [0.1, 0.15) is 5.56 Å². The summed E-state index contributed by atoms with van der Waals surface area (Å²) in [5, 5.41) is 13.9. The second-order valence-corrected chi connectivity index (χ2v) is 3.81. The van der Waals surface area contributed by atoms with Gasteiger partial charge in [0.25, 0.3) is 0 Å². The fraction of sp³-hybridized carbons (Fsp3) is 0.333. The molecule has 2 amide bonds. The number of aryl methyl sites for hydroxylation is 1. The van der Waals surface area contributed by atoms with E-state index >= 15 is 0 Å². The average molecular weight is 625 g/mol. The first-order chi connectivity index (χ1) is 12.6. The van der Waals surface area contributed by atoms with Crippen LogP contribution in [0.4, 0.5) is 0 Å². The number of hydrogen-bond acceptors (Lipinski definition) is 6. The number of aliphatic hydroxyl groups is 1. The molecule has 0 radical (unpaired) electrons. The molecule has 4 N–H and O–H groups in total. The SMILES string of the molecule is C=C.CNCC=O.CO.Cc1ccccc1.O=[C-]NCC(=O)NCC=O.[Fm]. The average Bonchev–Trinajstić information content (AvgIpc) is 2.70. The fourth-order valence-corrected chi connectivity index (χ4v) is 0.952. The van der Waals surface area contributed by atoms with E-state index in [2.05, 4.69) is 42.8 Å². The van der Waals surface area contributed by atoms with Gasteiger partial charge in [0.2, 0.25) is 5.91 Å². The molecule has 0 bridgehead atoms. The minimum atomic E-state index is -0.407. The number of nitrogens with one attached hydrogen (secondary N) is 3. The van der Waals surface area contributed by atoms with Crippen molar-refractivity contribution in [3.05, 3.63) is 49.1 Å². The van der Waals surface area contributed by atoms with Gasteiger partial charge in [-0.25, -0.2) is 0 Å². The van der Waals surface area contributed by atoms with Crippen molar-refractivity contribution < 1.29 is 24.3 Å². The molecule has 160 valence electrons. The van der Waals surface area contributed by atoms with E-state index in [1.807, 2.05) is 23.5 Å². The maximum Gasteiger partial charge on any atom is 0.237 e. The summed E-state index contributed by atoms with van der Waals surface area (Å²) in [5.74, 6) is -0.407. The molecule has 0 unspecified atom stereocenters. The molecule has 8 nitrogen and oxygen atoms in total. The van der Waals surface area contributed by atoms with Gasteiger partial charge in [-0.15, -0.1) is 13.2 Å². The summed E-state index contributed by atoms with van der Waals surface area (Å²) in [5.41, 5.74) is 1.32. The van der Waals surface area contributed by atoms with Gasteiger partial charge in [-0.05, 0) is 14.0 Å². The van der Waals surface area contributed by atoms with Crippen LogP contribution >= 0.6 is 0 Å². The molecule has 1 rings (SSSR count). The summed E-state index contributed by atoms with van der Waals surface area (Å²) in [6.45, 7) is 8.37. The maximum atomic E-state index is 10.4. The van der Waals surface area contributed by atoms with Gasteiger partial charge in [-0.1, -0.05) is 35.9 Å². The molecule has 0 spiro atoms. The Morgan fingerprint density at radius 3 is 1.85 bits per heavy atom. The normalized spacial score (nSPS) is 6.96. The Hall–Kier alpha value is -3.84. The van der Waals surface area contributed by atoms with Crippen molar-refractivity contribution in [3.8, 4) is 0 Å². The smallest absolute Gasteiger partial charge is 0.237 e. The van der Waals surface area contributed by atoms with Crippen LogP contribution in [0.5, 0.6) is 0 Å². The van der Waals surface area contributed by atoms with Crippen LogP contribution in [0.2, 0.25) is 0 Å². The quantitative estimate of drug-likeness (QED) is 0.144. The molecule has 0 aromatic heterocycles. The monoisotopic (exact) mass is 625 g/mol. The third kappa shape index (κ3) is 44.9. The summed E-state index contributed by atoms with van der Waals surface area (Å²) < 4.78 is 0. The largest absolute Gasteiger partial charge is 0.522 e. The van der Waals surface area contributed by atoms with E-state index in [4.69, 9.17) is 5.11 Å². The number of aliphatic hydroxyl groups excluding tert-OH is 1. The Morgan fingerprint density at radius 1 is 1.11 bits per heavy atom. The van der Waals surface area contributed by atoms with Crippen molar-refractivity contribution in [2.75, 3.05) is 33.8 Å². The van der Waals surface area contributed by atoms with Crippen molar-refractivity contribution in [2.24, 2.45) is 0 Å². The summed E-state index contributed by atoms with van der Waals surface area (Å²) in [7, 11) is 2.73. The number of amides is 2. The van der Waals surface area contributed by atoms with E-state index in [9.17, 15) is 19.2 Å². The first kappa shape index (κ1) is 34.5. The maximum absolute atomic E-state index is 10.4. The van der Waals surface area contributed by atoms with Crippen LogP contribution in [0.3, 0.4) is 0 Å². The first-order valence-electron chi connectivity index (χ1n) is 7.47. The van der Waals surface area contributed by atoms with Gasteiger partial charge < -0.3 is 35.4 Å². The third-order valence-electron chi connectivity index (χ3n) is 1.93. The summed E-state index contributed by atoms with van der Waals surface area (Å²) in [6, 6.07) is 10.3. The Labute approximate surface area is 155 Å². The number of aldehydes is 2. The zero-order valence-electron chi connectivity index (χ0n) is 15.9. The molecule has 0 saturated heterocycles. The molecule has 0 heterocycles. The van der Waals surface area contributed by atoms with Gasteiger partial charge in [0.1, 0.15) is 12.6 Å². The molecule has 27 heavy (non-hydrogen) atoms. The Morgan fingerprint density at radius 2 is 1.59 bits per heavy atom. The summed E-state index contributed by atoms with van der Waals surface area (Å²) >= 11 is 0. The standard InChI is InChI=1S/C7H8.C5H7N2O3.C3H7NO.C2H4.CH4O.Fm/c1-7-5-3-2-4-6-7;8-2-1-7-5(10)3-6-4-9;1-4-2-3-5;2*1-2;/h2-6H,1H3;2H,1,3H2,(H,6,9)(H,7,10);3-4H,2H2,1H3;1-2H2;2H,1H3;/q;-1;;;;. The van der Waals surface area contributed by atoms with E-state index in [1.165, 1.54) is 12.0 Å². The van der Waals surface area contributed by atoms with E-state index in [-0.39, 0.29) is 13.1 Å². The van der Waals surface area contributed by atoms with Crippen molar-refractivity contribution >= 4 is 24.9 Å². The molecule has 0 aliphatic heterocycles. The van der Waals surface area contributed by atoms with Crippen molar-refractivity contribution in [1.29, 1.82) is 0 Å². The number of carbonyl (C=O) groups excluding carboxylic acids is 4. The van der Waals surface area contributed by atoms with Gasteiger partial charge in [0.15, 0.2) is 0 Å². The van der Waals surface area contributed by atoms with Crippen LogP contribution < -0.4 is 16.0 Å². The first-order valence-corrected chi connectivity index (χ1v) is 7.47. The molecular weight excluding hydrogens is 595 g/mol. The number of rotatable bonds is 7. The minimum Gasteiger partial charge on any atom is -0.522 e. The second-order valence-electron chi connectivity index (χ2n) is 3.81. The number of likely N-dealkylation sites (N-methyl/N-ethyl adjacent to an activating group) is 1. The molecule has 1 aromatic carbocycles. The molecule has 0 saturated carbocycles. The van der Waals surface area contributed by atoms with Gasteiger partial charge >= 0.3 is 0 Å². The molecule has 0 atom stereocenters. The summed E-state index contributed by atoms with van der Waals surface area (Å²) in [4.78, 5) is 39.0. The van der Waals surface area contributed by atoms with Crippen LogP contribution in [-0.2, 0) is 19.2 Å². The van der Waals surface area contributed by atoms with Crippen LogP contribution in [0.25, 0.3) is 0 Å². The second kappa shape index (κ2) is 38.0. The van der Waals surface area contributed by atoms with E-state index < -0.39 is 5.91 Å². The molecule has 9 heteroatoms. The predicted molar refractivity (Wildman–Crippen MR) is 103 cm³/mol. The number of hydrogen-bond donors (Lipinski definition) is 4. The van der Waals surface area contributed by atoms with Crippen molar-refractivity contribution in [3.63, 3.8) is 0 Å². The van der Waals surface area contributed by atoms with E-state index in [1.54, 1.807) is 7.05 Å². The third-order valence-corrected chi connectivity index (χ3v) is 1.93. The van der Waals surface area contributed by atoms with Gasteiger partial charge in [0.05, 0.1) is 19.6 Å². The predicted octanol–water partition coefficient (Wildman–Crippen LogP) is -0.231.